The summed E-state index contributed by atoms with van der Waals surface area (Å²) in [5.41, 5.74) is 2.85. The maximum atomic E-state index is 13.1. The molecular weight excluding hydrogens is 508 g/mol. The fourth-order valence-electron chi connectivity index (χ4n) is 5.46. The van der Waals surface area contributed by atoms with E-state index in [2.05, 4.69) is 16.7 Å². The fourth-order valence-corrected chi connectivity index (χ4v) is 5.46. The van der Waals surface area contributed by atoms with Crippen LogP contribution in [0, 0.1) is 0 Å². The molecule has 2 aromatic carbocycles. The average Bonchev–Trinajstić information content (AvgIpc) is 2.96. The summed E-state index contributed by atoms with van der Waals surface area (Å²) in [6.45, 7) is 5.46. The van der Waals surface area contributed by atoms with Crippen molar-refractivity contribution in [3.8, 4) is 5.75 Å². The molecule has 2 aliphatic heterocycles. The first kappa shape index (κ1) is 29.1. The van der Waals surface area contributed by atoms with Crippen molar-refractivity contribution in [1.29, 1.82) is 0 Å². The lowest BCUT2D eigenvalue weighted by atomic mass is 9.95. The van der Waals surface area contributed by atoms with Crippen LogP contribution in [0.4, 0.5) is 5.69 Å². The van der Waals surface area contributed by atoms with Crippen LogP contribution in [0.25, 0.3) is 0 Å². The van der Waals surface area contributed by atoms with Gasteiger partial charge in [0, 0.05) is 50.3 Å². The number of nitrogens with one attached hydrogen (secondary N) is 2. The molecule has 1 unspecified atom stereocenters. The number of hydrogen-bond acceptors (Lipinski definition) is 5. The maximum absolute atomic E-state index is 13.1. The van der Waals surface area contributed by atoms with Gasteiger partial charge in [0.05, 0.1) is 6.61 Å². The minimum absolute atomic E-state index is 0.0149. The smallest absolute Gasteiger partial charge is 0.253 e. The standard InChI is InChI=1S/C31H40N4O5/c1-3-7-27(33-22(2)36)30(38)32-18-6-21-40-26-13-10-24(11-14-26)31(39)34-19-16-25(17-20-34)35-28-9-5-4-8-23(28)12-15-29(35)37/h4-5,8-11,13-14,25,27H,3,6-7,12,15-21H2,1-2H3,(H,32,38)(H,33,36). The molecule has 0 saturated carbocycles. The molecule has 4 amide bonds. The number of carbonyl (C=O) groups excluding carboxylic acids is 4. The molecule has 40 heavy (non-hydrogen) atoms. The summed E-state index contributed by atoms with van der Waals surface area (Å²) in [5, 5.41) is 5.52. The van der Waals surface area contributed by atoms with E-state index >= 15 is 0 Å². The summed E-state index contributed by atoms with van der Waals surface area (Å²) in [6, 6.07) is 14.9. The predicted octanol–water partition coefficient (Wildman–Crippen LogP) is 3.46. The topological polar surface area (TPSA) is 108 Å². The molecule has 4 rings (SSSR count). The van der Waals surface area contributed by atoms with Crippen molar-refractivity contribution in [1.82, 2.24) is 15.5 Å². The zero-order valence-corrected chi connectivity index (χ0v) is 23.5. The van der Waals surface area contributed by atoms with E-state index < -0.39 is 6.04 Å². The molecule has 0 aliphatic carbocycles. The number of piperidine rings is 1. The van der Waals surface area contributed by atoms with Crippen molar-refractivity contribution in [2.45, 2.75) is 70.9 Å². The molecule has 0 aromatic heterocycles. The molecule has 2 N–H and O–H groups in total. The molecule has 9 heteroatoms. The third-order valence-electron chi connectivity index (χ3n) is 7.51. The van der Waals surface area contributed by atoms with Crippen molar-refractivity contribution in [2.24, 2.45) is 0 Å². The summed E-state index contributed by atoms with van der Waals surface area (Å²) < 4.78 is 5.78. The first-order valence-electron chi connectivity index (χ1n) is 14.3. The van der Waals surface area contributed by atoms with Crippen LogP contribution < -0.4 is 20.3 Å². The largest absolute Gasteiger partial charge is 0.494 e. The van der Waals surface area contributed by atoms with Gasteiger partial charge >= 0.3 is 0 Å². The number of amides is 4. The second kappa shape index (κ2) is 14.0. The molecule has 9 nitrogen and oxygen atoms in total. The summed E-state index contributed by atoms with van der Waals surface area (Å²) >= 11 is 0. The lowest BCUT2D eigenvalue weighted by Gasteiger charge is -2.41. The van der Waals surface area contributed by atoms with Gasteiger partial charge in [-0.2, -0.15) is 0 Å². The number of benzene rings is 2. The number of aryl methyl sites for hydroxylation is 1. The number of ether oxygens (including phenoxy) is 1. The van der Waals surface area contributed by atoms with E-state index in [1.807, 2.05) is 34.9 Å². The van der Waals surface area contributed by atoms with Crippen LogP contribution in [0.1, 0.15) is 68.3 Å². The lowest BCUT2D eigenvalue weighted by Crippen LogP contribution is -2.50. The van der Waals surface area contributed by atoms with Crippen molar-refractivity contribution >= 4 is 29.3 Å². The van der Waals surface area contributed by atoms with Crippen LogP contribution in [-0.4, -0.2) is 66.9 Å². The monoisotopic (exact) mass is 548 g/mol. The number of para-hydroxylation sites is 1. The Labute approximate surface area is 236 Å². The Hall–Kier alpha value is -3.88. The summed E-state index contributed by atoms with van der Waals surface area (Å²) in [7, 11) is 0. The number of nitrogens with zero attached hydrogens (tertiary/aromatic N) is 2. The number of fused-ring (bicyclic) bond motifs is 1. The Morgan fingerprint density at radius 2 is 1.75 bits per heavy atom. The van der Waals surface area contributed by atoms with Crippen molar-refractivity contribution < 1.29 is 23.9 Å². The fraction of sp³-hybridized carbons (Fsp3) is 0.484. The highest BCUT2D eigenvalue weighted by atomic mass is 16.5. The molecular formula is C31H40N4O5. The van der Waals surface area contributed by atoms with Crippen LogP contribution in [-0.2, 0) is 20.8 Å². The molecule has 214 valence electrons. The molecule has 1 fully saturated rings. The second-order valence-corrected chi connectivity index (χ2v) is 10.5. The van der Waals surface area contributed by atoms with Gasteiger partial charge in [-0.05, 0) is 68.0 Å². The third kappa shape index (κ3) is 7.40. The van der Waals surface area contributed by atoms with Gasteiger partial charge in [-0.1, -0.05) is 31.5 Å². The van der Waals surface area contributed by atoms with Crippen LogP contribution in [0.3, 0.4) is 0 Å². The van der Waals surface area contributed by atoms with Gasteiger partial charge in [0.25, 0.3) is 5.91 Å². The van der Waals surface area contributed by atoms with E-state index in [0.717, 1.165) is 31.4 Å². The normalized spacial score (nSPS) is 16.2. The highest BCUT2D eigenvalue weighted by Gasteiger charge is 2.33. The summed E-state index contributed by atoms with van der Waals surface area (Å²) in [6.07, 6.45) is 4.85. The van der Waals surface area contributed by atoms with Crippen LogP contribution in [0.2, 0.25) is 0 Å². The first-order chi connectivity index (χ1) is 19.4. The number of rotatable bonds is 11. The van der Waals surface area contributed by atoms with Crippen molar-refractivity contribution in [2.75, 3.05) is 31.1 Å². The van der Waals surface area contributed by atoms with Crippen molar-refractivity contribution in [3.63, 3.8) is 0 Å². The number of anilines is 1. The quantitative estimate of drug-likeness (QED) is 0.418. The van der Waals surface area contributed by atoms with Crippen LogP contribution in [0.15, 0.2) is 48.5 Å². The minimum atomic E-state index is -0.511. The van der Waals surface area contributed by atoms with Gasteiger partial charge in [-0.25, -0.2) is 0 Å². The van der Waals surface area contributed by atoms with Crippen LogP contribution in [0.5, 0.6) is 5.75 Å². The van der Waals surface area contributed by atoms with Gasteiger partial charge in [0.1, 0.15) is 11.8 Å². The van der Waals surface area contributed by atoms with Gasteiger partial charge in [0.2, 0.25) is 17.7 Å². The number of likely N-dealkylation sites (tertiary alicyclic amines) is 1. The molecule has 2 aliphatic rings. The van der Waals surface area contributed by atoms with E-state index in [1.165, 1.54) is 12.5 Å². The summed E-state index contributed by atoms with van der Waals surface area (Å²) in [5.74, 6) is 0.414. The molecule has 0 spiro atoms. The molecule has 1 saturated heterocycles. The Morgan fingerprint density at radius 1 is 1.02 bits per heavy atom. The van der Waals surface area contributed by atoms with Crippen molar-refractivity contribution in [3.05, 3.63) is 59.7 Å². The third-order valence-corrected chi connectivity index (χ3v) is 7.51. The van der Waals surface area contributed by atoms with Gasteiger partial charge in [0.15, 0.2) is 0 Å². The molecule has 2 heterocycles. The number of hydrogen-bond donors (Lipinski definition) is 2. The molecule has 0 radical (unpaired) electrons. The Bertz CT molecular complexity index is 1190. The van der Waals surface area contributed by atoms with E-state index in [0.29, 0.717) is 56.8 Å². The molecule has 2 aromatic rings. The lowest BCUT2D eigenvalue weighted by molar-refractivity contribution is -0.128. The zero-order valence-electron chi connectivity index (χ0n) is 23.5. The predicted molar refractivity (Wildman–Crippen MR) is 153 cm³/mol. The van der Waals surface area contributed by atoms with Gasteiger partial charge in [-0.3, -0.25) is 19.2 Å². The minimum Gasteiger partial charge on any atom is -0.494 e. The Balaban J connectivity index is 1.20. The van der Waals surface area contributed by atoms with E-state index in [4.69, 9.17) is 4.74 Å². The summed E-state index contributed by atoms with van der Waals surface area (Å²) in [4.78, 5) is 53.3. The SMILES string of the molecule is CCCC(NC(C)=O)C(=O)NCCCOc1ccc(C(=O)N2CCC(N3C(=O)CCc4ccccc43)CC2)cc1. The number of carbonyl (C=O) groups is 4. The van der Waals surface area contributed by atoms with E-state index in [1.54, 1.807) is 24.3 Å². The van der Waals surface area contributed by atoms with Crippen LogP contribution >= 0.6 is 0 Å². The van der Waals surface area contributed by atoms with Gasteiger partial charge in [-0.15, -0.1) is 0 Å². The average molecular weight is 549 g/mol. The highest BCUT2D eigenvalue weighted by molar-refractivity contribution is 5.97. The maximum Gasteiger partial charge on any atom is 0.253 e. The van der Waals surface area contributed by atoms with E-state index in [-0.39, 0.29) is 29.7 Å². The second-order valence-electron chi connectivity index (χ2n) is 10.5. The first-order valence-corrected chi connectivity index (χ1v) is 14.3. The Morgan fingerprint density at radius 3 is 2.45 bits per heavy atom. The molecule has 1 atom stereocenters. The van der Waals surface area contributed by atoms with E-state index in [9.17, 15) is 19.2 Å². The Kier molecular flexibility index (Phi) is 10.2. The zero-order chi connectivity index (χ0) is 28.5. The van der Waals surface area contributed by atoms with Gasteiger partial charge < -0.3 is 25.2 Å². The highest BCUT2D eigenvalue weighted by Crippen LogP contribution is 2.32. The molecule has 0 bridgehead atoms.